The molecule has 5 heteroatoms. The van der Waals surface area contributed by atoms with Crippen molar-refractivity contribution in [2.75, 3.05) is 13.7 Å². The van der Waals surface area contributed by atoms with Crippen LogP contribution in [-0.2, 0) is 24.0 Å². The third-order valence-corrected chi connectivity index (χ3v) is 7.53. The second-order valence-electron chi connectivity index (χ2n) is 9.85. The molecule has 2 nitrogen and oxygen atoms in total. The molecule has 3 aromatic carbocycles. The fourth-order valence-corrected chi connectivity index (χ4v) is 5.35. The van der Waals surface area contributed by atoms with Gasteiger partial charge in [-0.1, -0.05) is 56.0 Å². The Morgan fingerprint density at radius 2 is 1.51 bits per heavy atom. The van der Waals surface area contributed by atoms with Crippen LogP contribution in [0.25, 0.3) is 10.8 Å². The first-order valence-corrected chi connectivity index (χ1v) is 12.6. The highest BCUT2D eigenvalue weighted by Crippen LogP contribution is 2.33. The number of hydrogen-bond donors (Lipinski definition) is 0. The maximum atomic E-state index is 15.2. The van der Waals surface area contributed by atoms with Gasteiger partial charge in [-0.25, -0.2) is 13.2 Å². The van der Waals surface area contributed by atoms with Crippen molar-refractivity contribution < 1.29 is 17.9 Å². The molecule has 1 aliphatic rings. The average molecular weight is 480 g/mol. The first-order chi connectivity index (χ1) is 17.0. The van der Waals surface area contributed by atoms with Crippen molar-refractivity contribution in [2.45, 2.75) is 57.8 Å². The van der Waals surface area contributed by atoms with Crippen LogP contribution in [0.2, 0.25) is 0 Å². The summed E-state index contributed by atoms with van der Waals surface area (Å²) in [6, 6.07) is 13.5. The van der Waals surface area contributed by atoms with Gasteiger partial charge in [0.15, 0.2) is 0 Å². The van der Waals surface area contributed by atoms with Crippen LogP contribution in [0.3, 0.4) is 0 Å². The highest BCUT2D eigenvalue weighted by Gasteiger charge is 2.21. The van der Waals surface area contributed by atoms with E-state index in [0.29, 0.717) is 22.9 Å². The second kappa shape index (κ2) is 11.7. The van der Waals surface area contributed by atoms with Crippen molar-refractivity contribution in [3.8, 4) is 6.07 Å². The lowest BCUT2D eigenvalue weighted by Gasteiger charge is -2.28. The van der Waals surface area contributed by atoms with Crippen LogP contribution >= 0.6 is 0 Å². The Morgan fingerprint density at radius 1 is 0.829 bits per heavy atom. The lowest BCUT2D eigenvalue weighted by molar-refractivity contribution is 0.155. The minimum absolute atomic E-state index is 0.280. The lowest BCUT2D eigenvalue weighted by Crippen LogP contribution is -2.16. The molecule has 0 spiro atoms. The van der Waals surface area contributed by atoms with Crippen molar-refractivity contribution >= 4 is 10.8 Å². The monoisotopic (exact) mass is 479 g/mol. The molecule has 0 radical (unpaired) electrons. The van der Waals surface area contributed by atoms with Crippen molar-refractivity contribution in [3.05, 3.63) is 82.2 Å². The van der Waals surface area contributed by atoms with Crippen LogP contribution in [0.15, 0.2) is 42.5 Å². The minimum atomic E-state index is -0.881. The molecule has 4 rings (SSSR count). The highest BCUT2D eigenvalue weighted by molar-refractivity contribution is 5.84. The maximum absolute atomic E-state index is 15.2. The summed E-state index contributed by atoms with van der Waals surface area (Å²) in [7, 11) is 1.77. The van der Waals surface area contributed by atoms with Crippen LogP contribution in [0.4, 0.5) is 13.2 Å². The predicted octanol–water partition coefficient (Wildman–Crippen LogP) is 7.69. The van der Waals surface area contributed by atoms with Gasteiger partial charge >= 0.3 is 0 Å². The summed E-state index contributed by atoms with van der Waals surface area (Å²) in [6.45, 7) is 0.858. The van der Waals surface area contributed by atoms with E-state index < -0.39 is 17.2 Å². The molecule has 0 heterocycles. The number of nitrogens with zero attached hydrogens (tertiary/aromatic N) is 1. The van der Waals surface area contributed by atoms with E-state index in [0.717, 1.165) is 42.4 Å². The van der Waals surface area contributed by atoms with E-state index in [2.05, 4.69) is 6.07 Å². The summed E-state index contributed by atoms with van der Waals surface area (Å²) < 4.78 is 48.1. The van der Waals surface area contributed by atoms with E-state index in [9.17, 15) is 8.78 Å². The molecule has 0 aromatic heterocycles. The molecule has 0 amide bonds. The summed E-state index contributed by atoms with van der Waals surface area (Å²) in [4.78, 5) is 0. The van der Waals surface area contributed by atoms with Crippen molar-refractivity contribution in [3.63, 3.8) is 0 Å². The minimum Gasteiger partial charge on any atom is -0.385 e. The highest BCUT2D eigenvalue weighted by atomic mass is 19.1. The van der Waals surface area contributed by atoms with Gasteiger partial charge in [0.05, 0.1) is 0 Å². The van der Waals surface area contributed by atoms with Gasteiger partial charge in [0, 0.05) is 19.1 Å². The Hall–Kier alpha value is -2.84. The third-order valence-electron chi connectivity index (χ3n) is 7.53. The third kappa shape index (κ3) is 6.24. The Bertz CT molecular complexity index is 1190. The van der Waals surface area contributed by atoms with E-state index in [4.69, 9.17) is 10.00 Å². The number of nitriles is 1. The van der Waals surface area contributed by atoms with Gasteiger partial charge in [0.1, 0.15) is 29.1 Å². The number of rotatable bonds is 9. The van der Waals surface area contributed by atoms with Gasteiger partial charge < -0.3 is 4.74 Å². The Labute approximate surface area is 205 Å². The van der Waals surface area contributed by atoms with Crippen LogP contribution in [-0.4, -0.2) is 13.7 Å². The number of aryl methyl sites for hydroxylation is 3. The largest absolute Gasteiger partial charge is 0.385 e. The molecule has 1 fully saturated rings. The summed E-state index contributed by atoms with van der Waals surface area (Å²) >= 11 is 0. The zero-order valence-corrected chi connectivity index (χ0v) is 20.3. The topological polar surface area (TPSA) is 33.0 Å². The number of methoxy groups -OCH3 is 1. The first kappa shape index (κ1) is 25.3. The number of hydrogen-bond acceptors (Lipinski definition) is 2. The van der Waals surface area contributed by atoms with E-state index in [1.165, 1.54) is 50.2 Å². The Kier molecular flexibility index (Phi) is 8.46. The van der Waals surface area contributed by atoms with E-state index in [1.54, 1.807) is 13.2 Å². The van der Waals surface area contributed by atoms with Crippen LogP contribution in [0, 0.1) is 40.6 Å². The van der Waals surface area contributed by atoms with E-state index in [-0.39, 0.29) is 12.2 Å². The molecule has 0 aliphatic heterocycles. The predicted molar refractivity (Wildman–Crippen MR) is 133 cm³/mol. The summed E-state index contributed by atoms with van der Waals surface area (Å²) in [5.41, 5.74) is 1.56. The molecule has 1 aliphatic carbocycles. The van der Waals surface area contributed by atoms with Crippen LogP contribution in [0.1, 0.15) is 60.8 Å². The van der Waals surface area contributed by atoms with Crippen molar-refractivity contribution in [1.29, 1.82) is 5.26 Å². The number of halogens is 3. The van der Waals surface area contributed by atoms with E-state index >= 15 is 4.39 Å². The fraction of sp³-hybridized carbons (Fsp3) is 0.433. The summed E-state index contributed by atoms with van der Waals surface area (Å²) in [5, 5.41) is 10.3. The molecule has 0 N–H and O–H groups in total. The molecular formula is C30H32F3NO. The number of benzene rings is 3. The lowest BCUT2D eigenvalue weighted by atomic mass is 9.78. The average Bonchev–Trinajstić information content (AvgIpc) is 2.86. The molecular weight excluding hydrogens is 447 g/mol. The molecule has 0 unspecified atom stereocenters. The maximum Gasteiger partial charge on any atom is 0.144 e. The van der Waals surface area contributed by atoms with Gasteiger partial charge in [-0.05, 0) is 78.1 Å². The van der Waals surface area contributed by atoms with Crippen molar-refractivity contribution in [1.82, 2.24) is 0 Å². The first-order valence-electron chi connectivity index (χ1n) is 12.6. The standard InChI is InChI=1S/C30H32F3NO/c1-35-15-14-21-4-2-20(3-5-21)6-7-22-9-13-26-25(16-22)12-11-24(30(26)33)10-8-23-17-28(31)27(19-34)29(32)18-23/h9,11-13,16-18,20-21H,2-8,10,14-15H2,1H3. The summed E-state index contributed by atoms with van der Waals surface area (Å²) in [6.07, 6.45) is 9.10. The molecule has 0 bridgehead atoms. The summed E-state index contributed by atoms with van der Waals surface area (Å²) in [5.74, 6) is -0.473. The van der Waals surface area contributed by atoms with Crippen molar-refractivity contribution in [2.24, 2.45) is 11.8 Å². The Morgan fingerprint density at radius 3 is 2.17 bits per heavy atom. The normalized spacial score (nSPS) is 18.0. The number of ether oxygens (including phenoxy) is 1. The molecule has 1 saturated carbocycles. The van der Waals surface area contributed by atoms with Gasteiger partial charge in [-0.3, -0.25) is 0 Å². The van der Waals surface area contributed by atoms with Crippen LogP contribution < -0.4 is 0 Å². The van der Waals surface area contributed by atoms with E-state index in [1.807, 2.05) is 18.2 Å². The SMILES string of the molecule is COCCC1CCC(CCc2ccc3c(F)c(CCc4cc(F)c(C#N)c(F)c4)ccc3c2)CC1. The van der Waals surface area contributed by atoms with Crippen LogP contribution in [0.5, 0.6) is 0 Å². The Balaban J connectivity index is 1.36. The molecule has 184 valence electrons. The molecule has 3 aromatic rings. The van der Waals surface area contributed by atoms with Gasteiger partial charge in [-0.2, -0.15) is 5.26 Å². The fourth-order valence-electron chi connectivity index (χ4n) is 5.35. The smallest absolute Gasteiger partial charge is 0.144 e. The molecule has 0 saturated heterocycles. The zero-order valence-electron chi connectivity index (χ0n) is 20.3. The zero-order chi connectivity index (χ0) is 24.8. The molecule has 0 atom stereocenters. The second-order valence-corrected chi connectivity index (χ2v) is 9.85. The molecule has 35 heavy (non-hydrogen) atoms. The quantitative estimate of drug-likeness (QED) is 0.315. The van der Waals surface area contributed by atoms with Gasteiger partial charge in [0.2, 0.25) is 0 Å². The number of fused-ring (bicyclic) bond motifs is 1. The van der Waals surface area contributed by atoms with Gasteiger partial charge in [-0.15, -0.1) is 0 Å². The van der Waals surface area contributed by atoms with Gasteiger partial charge in [0.25, 0.3) is 0 Å².